The van der Waals surface area contributed by atoms with Crippen molar-refractivity contribution >= 4 is 20.6 Å². The fraction of sp³-hybridized carbons (Fsp3) is 0.143. The van der Waals surface area contributed by atoms with Crippen molar-refractivity contribution in [3.63, 3.8) is 0 Å². The standard InChI is InChI=1S/C7H7BrN2/c1-3-4-6(5-9)7(8)10-2/h3-4H,1H2,2H3/b6-4-,10-7?. The van der Waals surface area contributed by atoms with Crippen molar-refractivity contribution in [1.29, 1.82) is 5.26 Å². The summed E-state index contributed by atoms with van der Waals surface area (Å²) in [6.07, 6.45) is 3.14. The number of hydrogen-bond donors (Lipinski definition) is 0. The van der Waals surface area contributed by atoms with Crippen LogP contribution in [0.1, 0.15) is 0 Å². The molecule has 0 saturated heterocycles. The van der Waals surface area contributed by atoms with Gasteiger partial charge in [-0.2, -0.15) is 5.26 Å². The Morgan fingerprint density at radius 3 is 2.70 bits per heavy atom. The lowest BCUT2D eigenvalue weighted by Gasteiger charge is -1.89. The van der Waals surface area contributed by atoms with Crippen molar-refractivity contribution in [1.82, 2.24) is 0 Å². The molecule has 0 fully saturated rings. The monoisotopic (exact) mass is 198 g/mol. The Kier molecular flexibility index (Phi) is 4.51. The molecule has 0 saturated carbocycles. The van der Waals surface area contributed by atoms with Crippen molar-refractivity contribution < 1.29 is 0 Å². The van der Waals surface area contributed by atoms with E-state index in [-0.39, 0.29) is 0 Å². The number of nitriles is 1. The molecule has 0 aromatic carbocycles. The summed E-state index contributed by atoms with van der Waals surface area (Å²) in [4.78, 5) is 3.77. The van der Waals surface area contributed by atoms with Crippen LogP contribution in [0.15, 0.2) is 29.3 Å². The minimum atomic E-state index is 0.484. The quantitative estimate of drug-likeness (QED) is 0.380. The maximum Gasteiger partial charge on any atom is 0.117 e. The Balaban J connectivity index is 4.56. The van der Waals surface area contributed by atoms with Crippen molar-refractivity contribution in [3.05, 3.63) is 24.3 Å². The molecule has 0 atom stereocenters. The van der Waals surface area contributed by atoms with Crippen molar-refractivity contribution in [2.24, 2.45) is 4.99 Å². The highest BCUT2D eigenvalue weighted by Gasteiger charge is 1.97. The van der Waals surface area contributed by atoms with Gasteiger partial charge in [-0.1, -0.05) is 12.7 Å². The number of hydrogen-bond acceptors (Lipinski definition) is 2. The summed E-state index contributed by atoms with van der Waals surface area (Å²) in [5.74, 6) is 0. The summed E-state index contributed by atoms with van der Waals surface area (Å²) in [6.45, 7) is 3.46. The van der Waals surface area contributed by atoms with Gasteiger partial charge in [0.25, 0.3) is 0 Å². The SMILES string of the molecule is C=C/C=C(/C#N)C(Br)=NC. The number of halogens is 1. The molecule has 0 heterocycles. The zero-order chi connectivity index (χ0) is 7.98. The second-order valence-electron chi connectivity index (χ2n) is 1.44. The molecular formula is C7H7BrN2. The Morgan fingerprint density at radius 1 is 1.80 bits per heavy atom. The second kappa shape index (κ2) is 4.95. The molecule has 0 radical (unpaired) electrons. The first-order chi connectivity index (χ1) is 4.76. The number of rotatable bonds is 2. The van der Waals surface area contributed by atoms with E-state index in [1.165, 1.54) is 0 Å². The van der Waals surface area contributed by atoms with Gasteiger partial charge in [0.1, 0.15) is 10.7 Å². The lowest BCUT2D eigenvalue weighted by molar-refractivity contribution is 1.45. The van der Waals surface area contributed by atoms with Gasteiger partial charge >= 0.3 is 0 Å². The molecule has 52 valence electrons. The first kappa shape index (κ1) is 9.12. The summed E-state index contributed by atoms with van der Waals surface area (Å²) in [5.41, 5.74) is 0.484. The molecule has 0 aliphatic carbocycles. The molecular weight excluding hydrogens is 192 g/mol. The third-order valence-corrected chi connectivity index (χ3v) is 1.61. The van der Waals surface area contributed by atoms with Gasteiger partial charge in [0.2, 0.25) is 0 Å². The van der Waals surface area contributed by atoms with Gasteiger partial charge in [0.15, 0.2) is 0 Å². The van der Waals surface area contributed by atoms with E-state index in [1.54, 1.807) is 19.2 Å². The Hall–Kier alpha value is -0.880. The van der Waals surface area contributed by atoms with Crippen LogP contribution in [0.4, 0.5) is 0 Å². The Labute approximate surface area is 68.7 Å². The molecule has 0 spiro atoms. The van der Waals surface area contributed by atoms with E-state index in [2.05, 4.69) is 27.5 Å². The van der Waals surface area contributed by atoms with E-state index in [9.17, 15) is 0 Å². The van der Waals surface area contributed by atoms with Gasteiger partial charge in [-0.25, -0.2) is 0 Å². The third-order valence-electron chi connectivity index (χ3n) is 0.824. The highest BCUT2D eigenvalue weighted by atomic mass is 79.9. The van der Waals surface area contributed by atoms with Crippen molar-refractivity contribution in [2.45, 2.75) is 0 Å². The molecule has 0 N–H and O–H groups in total. The van der Waals surface area contributed by atoms with Gasteiger partial charge < -0.3 is 0 Å². The lowest BCUT2D eigenvalue weighted by atomic mass is 10.3. The molecule has 0 amide bonds. The number of nitrogens with zero attached hydrogens (tertiary/aromatic N) is 2. The maximum atomic E-state index is 8.48. The minimum Gasteiger partial charge on any atom is -0.280 e. The van der Waals surface area contributed by atoms with Crippen LogP contribution in [0.5, 0.6) is 0 Å². The average molecular weight is 199 g/mol. The summed E-state index contributed by atoms with van der Waals surface area (Å²) < 4.78 is 0.551. The van der Waals surface area contributed by atoms with Gasteiger partial charge in [0, 0.05) is 7.05 Å². The number of aliphatic imine (C=N–C) groups is 1. The molecule has 2 nitrogen and oxygen atoms in total. The van der Waals surface area contributed by atoms with Gasteiger partial charge in [0.05, 0.1) is 5.57 Å². The van der Waals surface area contributed by atoms with E-state index >= 15 is 0 Å². The van der Waals surface area contributed by atoms with Crippen LogP contribution in [0.3, 0.4) is 0 Å². The fourth-order valence-corrected chi connectivity index (χ4v) is 0.611. The first-order valence-corrected chi connectivity index (χ1v) is 3.41. The Bertz CT molecular complexity index is 220. The predicted molar refractivity (Wildman–Crippen MR) is 46.2 cm³/mol. The molecule has 0 aliphatic rings. The molecule has 0 rings (SSSR count). The van der Waals surface area contributed by atoms with Gasteiger partial charge in [-0.05, 0) is 22.0 Å². The molecule has 0 aliphatic heterocycles. The first-order valence-electron chi connectivity index (χ1n) is 2.61. The van der Waals surface area contributed by atoms with Crippen LogP contribution < -0.4 is 0 Å². The maximum absolute atomic E-state index is 8.48. The molecule has 3 heteroatoms. The highest BCUT2D eigenvalue weighted by Crippen LogP contribution is 2.02. The van der Waals surface area contributed by atoms with Crippen LogP contribution in [0, 0.1) is 11.3 Å². The smallest absolute Gasteiger partial charge is 0.117 e. The summed E-state index contributed by atoms with van der Waals surface area (Å²) in [7, 11) is 1.61. The highest BCUT2D eigenvalue weighted by molar-refractivity contribution is 9.18. The summed E-state index contributed by atoms with van der Waals surface area (Å²) in [6, 6.07) is 1.97. The average Bonchev–Trinajstić information content (AvgIpc) is 1.99. The zero-order valence-electron chi connectivity index (χ0n) is 5.63. The molecule has 0 aromatic rings. The van der Waals surface area contributed by atoms with Crippen LogP contribution >= 0.6 is 15.9 Å². The predicted octanol–water partition coefficient (Wildman–Crippen LogP) is 2.05. The molecule has 0 bridgehead atoms. The van der Waals surface area contributed by atoms with E-state index in [0.717, 1.165) is 0 Å². The van der Waals surface area contributed by atoms with E-state index in [1.807, 2.05) is 6.07 Å². The molecule has 0 unspecified atom stereocenters. The minimum absolute atomic E-state index is 0.484. The van der Waals surface area contributed by atoms with Crippen LogP contribution in [-0.4, -0.2) is 11.7 Å². The zero-order valence-corrected chi connectivity index (χ0v) is 7.22. The van der Waals surface area contributed by atoms with Crippen LogP contribution in [0.2, 0.25) is 0 Å². The summed E-state index contributed by atoms with van der Waals surface area (Å²) in [5, 5.41) is 8.48. The van der Waals surface area contributed by atoms with E-state index in [0.29, 0.717) is 10.2 Å². The third kappa shape index (κ3) is 2.60. The Morgan fingerprint density at radius 2 is 2.40 bits per heavy atom. The largest absolute Gasteiger partial charge is 0.280 e. The number of allylic oxidation sites excluding steroid dienone is 3. The van der Waals surface area contributed by atoms with Crippen LogP contribution in [0.25, 0.3) is 0 Å². The summed E-state index contributed by atoms with van der Waals surface area (Å²) >= 11 is 3.12. The molecule has 0 aromatic heterocycles. The normalized spacial score (nSPS) is 12.5. The lowest BCUT2D eigenvalue weighted by Crippen LogP contribution is -1.88. The van der Waals surface area contributed by atoms with Gasteiger partial charge in [-0.3, -0.25) is 4.99 Å². The second-order valence-corrected chi connectivity index (χ2v) is 2.19. The van der Waals surface area contributed by atoms with Gasteiger partial charge in [-0.15, -0.1) is 0 Å². The van der Waals surface area contributed by atoms with Crippen molar-refractivity contribution in [2.75, 3.05) is 7.05 Å². The van der Waals surface area contributed by atoms with Crippen molar-refractivity contribution in [3.8, 4) is 6.07 Å². The topological polar surface area (TPSA) is 36.1 Å². The molecule has 10 heavy (non-hydrogen) atoms. The van der Waals surface area contributed by atoms with E-state index in [4.69, 9.17) is 5.26 Å². The van der Waals surface area contributed by atoms with Crippen LogP contribution in [-0.2, 0) is 0 Å². The van der Waals surface area contributed by atoms with E-state index < -0.39 is 0 Å². The fourth-order valence-electron chi connectivity index (χ4n) is 0.390.